The SMILES string of the molecule is COC[C@H](C(C)C)[N+]1=CC(C)(C)CC1CBr.[Br-]. The number of hydrogen-bond donors (Lipinski definition) is 0. The molecule has 17 heavy (non-hydrogen) atoms. The van der Waals surface area contributed by atoms with E-state index in [1.807, 2.05) is 0 Å². The van der Waals surface area contributed by atoms with Gasteiger partial charge in [-0.3, -0.25) is 0 Å². The van der Waals surface area contributed by atoms with Gasteiger partial charge in [-0.05, 0) is 0 Å². The normalized spacial score (nSPS) is 24.4. The molecular weight excluding hydrogens is 346 g/mol. The molecule has 0 N–H and O–H groups in total. The first kappa shape index (κ1) is 17.6. The van der Waals surface area contributed by atoms with E-state index in [2.05, 4.69) is 54.4 Å². The van der Waals surface area contributed by atoms with Crippen LogP contribution in [0.5, 0.6) is 0 Å². The van der Waals surface area contributed by atoms with Gasteiger partial charge in [0.25, 0.3) is 0 Å². The summed E-state index contributed by atoms with van der Waals surface area (Å²) in [6.07, 6.45) is 3.63. The smallest absolute Gasteiger partial charge is 0.178 e. The van der Waals surface area contributed by atoms with Crippen LogP contribution in [0.1, 0.15) is 34.1 Å². The van der Waals surface area contributed by atoms with Crippen LogP contribution in [0.3, 0.4) is 0 Å². The molecule has 4 heteroatoms. The summed E-state index contributed by atoms with van der Waals surface area (Å²) in [6.45, 7) is 9.98. The van der Waals surface area contributed by atoms with E-state index in [1.54, 1.807) is 7.11 Å². The summed E-state index contributed by atoms with van der Waals surface area (Å²) in [7, 11) is 1.79. The Kier molecular flexibility index (Phi) is 7.50. The van der Waals surface area contributed by atoms with Gasteiger partial charge in [-0.1, -0.05) is 43.6 Å². The predicted molar refractivity (Wildman–Crippen MR) is 72.8 cm³/mol. The summed E-state index contributed by atoms with van der Waals surface area (Å²) < 4.78 is 7.88. The highest BCUT2D eigenvalue weighted by Gasteiger charge is 2.42. The number of hydrogen-bond acceptors (Lipinski definition) is 1. The molecule has 0 aromatic rings. The molecule has 0 aromatic heterocycles. The molecule has 1 unspecified atom stereocenters. The minimum absolute atomic E-state index is 0. The van der Waals surface area contributed by atoms with Crippen molar-refractivity contribution in [1.82, 2.24) is 0 Å². The van der Waals surface area contributed by atoms with Crippen molar-refractivity contribution in [3.63, 3.8) is 0 Å². The number of methoxy groups -OCH3 is 1. The van der Waals surface area contributed by atoms with E-state index in [4.69, 9.17) is 4.74 Å². The van der Waals surface area contributed by atoms with Gasteiger partial charge in [0.05, 0.1) is 5.33 Å². The molecule has 0 radical (unpaired) electrons. The summed E-state index contributed by atoms with van der Waals surface area (Å²) in [5.74, 6) is 0.617. The summed E-state index contributed by atoms with van der Waals surface area (Å²) in [5.41, 5.74) is 0.319. The van der Waals surface area contributed by atoms with Crippen LogP contribution in [0.2, 0.25) is 0 Å². The van der Waals surface area contributed by atoms with Crippen LogP contribution in [0.4, 0.5) is 0 Å². The summed E-state index contributed by atoms with van der Waals surface area (Å²) in [6, 6.07) is 1.10. The van der Waals surface area contributed by atoms with Crippen molar-refractivity contribution < 1.29 is 26.3 Å². The van der Waals surface area contributed by atoms with Gasteiger partial charge in [0.1, 0.15) is 12.8 Å². The lowest BCUT2D eigenvalue weighted by Gasteiger charge is -2.20. The number of ether oxygens (including phenoxy) is 1. The van der Waals surface area contributed by atoms with Crippen molar-refractivity contribution in [3.8, 4) is 0 Å². The van der Waals surface area contributed by atoms with Gasteiger partial charge in [-0.25, -0.2) is 4.58 Å². The minimum Gasteiger partial charge on any atom is -1.00 e. The molecule has 102 valence electrons. The van der Waals surface area contributed by atoms with Crippen molar-refractivity contribution >= 4 is 22.1 Å². The predicted octanol–water partition coefficient (Wildman–Crippen LogP) is -0.0619. The highest BCUT2D eigenvalue weighted by molar-refractivity contribution is 9.09. The molecule has 1 aliphatic rings. The van der Waals surface area contributed by atoms with Crippen LogP contribution < -0.4 is 17.0 Å². The number of rotatable bonds is 5. The van der Waals surface area contributed by atoms with Gasteiger partial charge >= 0.3 is 0 Å². The van der Waals surface area contributed by atoms with Gasteiger partial charge in [-0.2, -0.15) is 0 Å². The quantitative estimate of drug-likeness (QED) is 0.487. The molecule has 1 heterocycles. The average Bonchev–Trinajstić information content (AvgIpc) is 2.49. The largest absolute Gasteiger partial charge is 1.00 e. The summed E-state index contributed by atoms with van der Waals surface area (Å²) >= 11 is 3.63. The van der Waals surface area contributed by atoms with Crippen LogP contribution in [0, 0.1) is 11.3 Å². The fraction of sp³-hybridized carbons (Fsp3) is 0.923. The first-order chi connectivity index (χ1) is 7.41. The summed E-state index contributed by atoms with van der Waals surface area (Å²) in [5, 5.41) is 1.04. The van der Waals surface area contributed by atoms with Crippen LogP contribution in [-0.4, -0.2) is 41.9 Å². The Labute approximate surface area is 125 Å². The second-order valence-corrected chi connectivity index (χ2v) is 6.49. The van der Waals surface area contributed by atoms with E-state index in [9.17, 15) is 0 Å². The van der Waals surface area contributed by atoms with Gasteiger partial charge < -0.3 is 21.7 Å². The molecule has 0 amide bonds. The third kappa shape index (κ3) is 4.64. The molecule has 0 saturated carbocycles. The van der Waals surface area contributed by atoms with Gasteiger partial charge in [0.2, 0.25) is 0 Å². The zero-order valence-electron chi connectivity index (χ0n) is 11.5. The topological polar surface area (TPSA) is 12.2 Å². The Morgan fingerprint density at radius 2 is 2.06 bits per heavy atom. The van der Waals surface area contributed by atoms with Crippen molar-refractivity contribution in [2.45, 2.75) is 46.2 Å². The lowest BCUT2D eigenvalue weighted by atomic mass is 9.91. The molecule has 2 atom stereocenters. The highest BCUT2D eigenvalue weighted by Crippen LogP contribution is 2.30. The number of halogens is 2. The first-order valence-corrected chi connectivity index (χ1v) is 7.22. The van der Waals surface area contributed by atoms with Gasteiger partial charge in [0.15, 0.2) is 12.1 Å². The van der Waals surface area contributed by atoms with Gasteiger partial charge in [0, 0.05) is 24.9 Å². The molecule has 1 rings (SSSR count). The molecule has 0 aromatic carbocycles. The molecule has 2 nitrogen and oxygen atoms in total. The molecular formula is C13H25Br2NO. The standard InChI is InChI=1S/C13H25BrNO.BrH/c1-10(2)12(8-16-5)15-9-13(3,4)6-11(15)7-14;/h9-12H,6-8H2,1-5H3;1H/q+1;/p-1/t11?,12-;/m1./s1. The third-order valence-electron chi connectivity index (χ3n) is 3.35. The second kappa shape index (κ2) is 7.25. The van der Waals surface area contributed by atoms with Crippen LogP contribution >= 0.6 is 15.9 Å². The molecule has 0 fully saturated rings. The molecule has 0 bridgehead atoms. The molecule has 0 aliphatic carbocycles. The molecule has 1 aliphatic heterocycles. The minimum atomic E-state index is 0. The fourth-order valence-electron chi connectivity index (χ4n) is 2.57. The third-order valence-corrected chi connectivity index (χ3v) is 4.10. The van der Waals surface area contributed by atoms with E-state index >= 15 is 0 Å². The van der Waals surface area contributed by atoms with Crippen molar-refractivity contribution in [3.05, 3.63) is 0 Å². The monoisotopic (exact) mass is 369 g/mol. The van der Waals surface area contributed by atoms with Crippen LogP contribution in [0.15, 0.2) is 0 Å². The fourth-order valence-corrected chi connectivity index (χ4v) is 3.13. The number of alkyl halides is 1. The maximum Gasteiger partial charge on any atom is 0.178 e. The number of nitrogens with zero attached hydrogens (tertiary/aromatic N) is 1. The Morgan fingerprint density at radius 1 is 1.47 bits per heavy atom. The van der Waals surface area contributed by atoms with Crippen LogP contribution in [0.25, 0.3) is 0 Å². The zero-order valence-corrected chi connectivity index (χ0v) is 14.7. The van der Waals surface area contributed by atoms with E-state index in [1.165, 1.54) is 6.42 Å². The summed E-state index contributed by atoms with van der Waals surface area (Å²) in [4.78, 5) is 0. The Bertz CT molecular complexity index is 264. The van der Waals surface area contributed by atoms with E-state index in [0.29, 0.717) is 23.4 Å². The maximum absolute atomic E-state index is 5.36. The Morgan fingerprint density at radius 3 is 2.47 bits per heavy atom. The zero-order chi connectivity index (χ0) is 12.3. The lowest BCUT2D eigenvalue weighted by molar-refractivity contribution is -0.595. The van der Waals surface area contributed by atoms with Crippen molar-refractivity contribution in [1.29, 1.82) is 0 Å². The van der Waals surface area contributed by atoms with Crippen LogP contribution in [-0.2, 0) is 4.74 Å². The van der Waals surface area contributed by atoms with E-state index in [-0.39, 0.29) is 17.0 Å². The Balaban J connectivity index is 0.00000256. The van der Waals surface area contributed by atoms with Crippen molar-refractivity contribution in [2.24, 2.45) is 11.3 Å². The van der Waals surface area contributed by atoms with E-state index < -0.39 is 0 Å². The van der Waals surface area contributed by atoms with Gasteiger partial charge in [-0.15, -0.1) is 0 Å². The van der Waals surface area contributed by atoms with Crippen molar-refractivity contribution in [2.75, 3.05) is 19.0 Å². The van der Waals surface area contributed by atoms with E-state index in [0.717, 1.165) is 11.9 Å². The molecule has 0 spiro atoms. The highest BCUT2D eigenvalue weighted by atomic mass is 79.9. The molecule has 0 saturated heterocycles. The second-order valence-electron chi connectivity index (χ2n) is 5.84. The average molecular weight is 371 g/mol. The maximum atomic E-state index is 5.36. The lowest BCUT2D eigenvalue weighted by Crippen LogP contribution is -3.00. The first-order valence-electron chi connectivity index (χ1n) is 6.09. The Hall–Kier alpha value is 0.590.